The Bertz CT molecular complexity index is 837. The van der Waals surface area contributed by atoms with Crippen LogP contribution in [0.1, 0.15) is 19.3 Å². The van der Waals surface area contributed by atoms with E-state index in [0.717, 1.165) is 13.1 Å². The lowest BCUT2D eigenvalue weighted by Crippen LogP contribution is -2.57. The van der Waals surface area contributed by atoms with Crippen LogP contribution in [-0.4, -0.2) is 47.3 Å². The van der Waals surface area contributed by atoms with E-state index in [1.165, 1.54) is 0 Å². The standard InChI is InChI=1S/C19H22ClN5O2.ClH/c20-14-4-1-2-5-16(14)24-13-6-15(17(24)26)23-18(27)19(7-10-21-11-8-19)25-12-3-9-22-25;/h1-5,9,12,15,21H,6-8,10-11,13H2,(H,23,27);1H. The first-order valence-electron chi connectivity index (χ1n) is 9.19. The van der Waals surface area contributed by atoms with E-state index in [1.54, 1.807) is 21.8 Å². The Morgan fingerprint density at radius 1 is 1.25 bits per heavy atom. The zero-order valence-electron chi connectivity index (χ0n) is 15.3. The van der Waals surface area contributed by atoms with Crippen molar-refractivity contribution < 1.29 is 9.59 Å². The number of anilines is 1. The van der Waals surface area contributed by atoms with E-state index < -0.39 is 11.6 Å². The molecule has 0 spiro atoms. The van der Waals surface area contributed by atoms with Crippen LogP contribution in [0.15, 0.2) is 42.7 Å². The molecule has 2 aliphatic heterocycles. The summed E-state index contributed by atoms with van der Waals surface area (Å²) in [6, 6.07) is 8.53. The molecule has 2 amide bonds. The molecule has 1 atom stereocenters. The zero-order valence-corrected chi connectivity index (χ0v) is 16.9. The van der Waals surface area contributed by atoms with E-state index in [9.17, 15) is 9.59 Å². The van der Waals surface area contributed by atoms with Crippen molar-refractivity contribution in [1.82, 2.24) is 20.4 Å². The number of aromatic nitrogens is 2. The summed E-state index contributed by atoms with van der Waals surface area (Å²) in [5, 5.41) is 11.1. The molecule has 3 heterocycles. The van der Waals surface area contributed by atoms with Crippen molar-refractivity contribution >= 4 is 41.5 Å². The van der Waals surface area contributed by atoms with Gasteiger partial charge in [-0.15, -0.1) is 12.4 Å². The van der Waals surface area contributed by atoms with Crippen LogP contribution in [0.3, 0.4) is 0 Å². The van der Waals surface area contributed by atoms with Crippen LogP contribution in [0.5, 0.6) is 0 Å². The van der Waals surface area contributed by atoms with Crippen LogP contribution in [0, 0.1) is 0 Å². The van der Waals surface area contributed by atoms with Gasteiger partial charge in [-0.2, -0.15) is 5.10 Å². The van der Waals surface area contributed by atoms with Gasteiger partial charge in [0.2, 0.25) is 11.8 Å². The second kappa shape index (κ2) is 8.51. The highest BCUT2D eigenvalue weighted by Gasteiger charge is 2.44. The Balaban J connectivity index is 0.00000225. The summed E-state index contributed by atoms with van der Waals surface area (Å²) in [6.07, 6.45) is 5.32. The van der Waals surface area contributed by atoms with Crippen molar-refractivity contribution in [3.63, 3.8) is 0 Å². The van der Waals surface area contributed by atoms with Gasteiger partial charge in [0.15, 0.2) is 0 Å². The van der Waals surface area contributed by atoms with E-state index in [1.807, 2.05) is 30.5 Å². The van der Waals surface area contributed by atoms with Gasteiger partial charge in [0, 0.05) is 18.9 Å². The number of para-hydroxylation sites is 1. The second-order valence-electron chi connectivity index (χ2n) is 6.99. The lowest BCUT2D eigenvalue weighted by atomic mass is 9.87. The largest absolute Gasteiger partial charge is 0.342 e. The first kappa shape index (κ1) is 20.6. The van der Waals surface area contributed by atoms with Gasteiger partial charge < -0.3 is 15.5 Å². The first-order chi connectivity index (χ1) is 13.1. The Hall–Kier alpha value is -2.09. The number of carbonyl (C=O) groups is 2. The van der Waals surface area contributed by atoms with Crippen LogP contribution in [0.2, 0.25) is 5.02 Å². The number of piperidine rings is 1. The maximum Gasteiger partial charge on any atom is 0.249 e. The number of carbonyl (C=O) groups excluding carboxylic acids is 2. The van der Waals surface area contributed by atoms with Gasteiger partial charge in [-0.05, 0) is 50.6 Å². The highest BCUT2D eigenvalue weighted by atomic mass is 35.5. The highest BCUT2D eigenvalue weighted by molar-refractivity contribution is 6.34. The smallest absolute Gasteiger partial charge is 0.249 e. The van der Waals surface area contributed by atoms with Crippen molar-refractivity contribution in [1.29, 1.82) is 0 Å². The van der Waals surface area contributed by atoms with Gasteiger partial charge in [0.1, 0.15) is 11.6 Å². The summed E-state index contributed by atoms with van der Waals surface area (Å²) in [5.74, 6) is -0.270. The molecule has 9 heteroatoms. The van der Waals surface area contributed by atoms with Crippen molar-refractivity contribution in [2.45, 2.75) is 30.8 Å². The second-order valence-corrected chi connectivity index (χ2v) is 7.40. The normalized spacial score (nSPS) is 21.2. The molecule has 4 rings (SSSR count). The molecule has 28 heavy (non-hydrogen) atoms. The third-order valence-corrected chi connectivity index (χ3v) is 5.77. The molecular formula is C19H23Cl2N5O2. The summed E-state index contributed by atoms with van der Waals surface area (Å²) in [4.78, 5) is 27.8. The molecule has 1 aromatic heterocycles. The number of benzene rings is 1. The molecule has 2 saturated heterocycles. The van der Waals surface area contributed by atoms with Gasteiger partial charge in [-0.25, -0.2) is 0 Å². The van der Waals surface area contributed by atoms with Crippen LogP contribution >= 0.6 is 24.0 Å². The van der Waals surface area contributed by atoms with E-state index in [2.05, 4.69) is 15.7 Å². The van der Waals surface area contributed by atoms with Crippen LogP contribution in [-0.2, 0) is 15.1 Å². The fraction of sp³-hybridized carbons (Fsp3) is 0.421. The molecule has 2 N–H and O–H groups in total. The third-order valence-electron chi connectivity index (χ3n) is 5.45. The van der Waals surface area contributed by atoms with E-state index >= 15 is 0 Å². The summed E-state index contributed by atoms with van der Waals surface area (Å²) < 4.78 is 1.73. The molecule has 1 aromatic carbocycles. The Morgan fingerprint density at radius 2 is 2.00 bits per heavy atom. The van der Waals surface area contributed by atoms with Crippen LogP contribution in [0.25, 0.3) is 0 Å². The molecule has 1 unspecified atom stereocenters. The summed E-state index contributed by atoms with van der Waals surface area (Å²) in [5.41, 5.74) is -0.0723. The number of halogens is 2. The van der Waals surface area contributed by atoms with Crippen molar-refractivity contribution in [3.8, 4) is 0 Å². The Morgan fingerprint density at radius 3 is 2.68 bits per heavy atom. The molecule has 7 nitrogen and oxygen atoms in total. The number of rotatable bonds is 4. The van der Waals surface area contributed by atoms with Crippen LogP contribution in [0.4, 0.5) is 5.69 Å². The molecule has 0 radical (unpaired) electrons. The molecular weight excluding hydrogens is 401 g/mol. The minimum atomic E-state index is -0.757. The number of nitrogens with one attached hydrogen (secondary N) is 2. The van der Waals surface area contributed by atoms with Gasteiger partial charge in [-0.3, -0.25) is 14.3 Å². The minimum Gasteiger partial charge on any atom is -0.342 e. The fourth-order valence-corrected chi connectivity index (χ4v) is 4.18. The third kappa shape index (κ3) is 3.62. The highest BCUT2D eigenvalue weighted by Crippen LogP contribution is 2.31. The molecule has 0 saturated carbocycles. The summed E-state index contributed by atoms with van der Waals surface area (Å²) >= 11 is 6.23. The number of hydrogen-bond acceptors (Lipinski definition) is 4. The number of amides is 2. The lowest BCUT2D eigenvalue weighted by Gasteiger charge is -2.37. The molecule has 0 bridgehead atoms. The van der Waals surface area contributed by atoms with Crippen molar-refractivity contribution in [2.24, 2.45) is 0 Å². The predicted octanol–water partition coefficient (Wildman–Crippen LogP) is 1.96. The molecule has 2 aliphatic rings. The van der Waals surface area contributed by atoms with Crippen LogP contribution < -0.4 is 15.5 Å². The average Bonchev–Trinajstić information content (AvgIpc) is 3.34. The summed E-state index contributed by atoms with van der Waals surface area (Å²) in [7, 11) is 0. The van der Waals surface area contributed by atoms with Gasteiger partial charge in [0.25, 0.3) is 0 Å². The van der Waals surface area contributed by atoms with E-state index in [-0.39, 0.29) is 24.2 Å². The molecule has 150 valence electrons. The predicted molar refractivity (Wildman–Crippen MR) is 110 cm³/mol. The van der Waals surface area contributed by atoms with Gasteiger partial charge >= 0.3 is 0 Å². The molecule has 0 aliphatic carbocycles. The Kier molecular flexibility index (Phi) is 6.27. The SMILES string of the molecule is Cl.O=C1C(NC(=O)C2(n3cccn3)CCNCC2)CCN1c1ccccc1Cl. The quantitative estimate of drug-likeness (QED) is 0.787. The average molecular weight is 424 g/mol. The van der Waals surface area contributed by atoms with E-state index in [0.29, 0.717) is 36.5 Å². The topological polar surface area (TPSA) is 79.3 Å². The first-order valence-corrected chi connectivity index (χ1v) is 9.57. The lowest BCUT2D eigenvalue weighted by molar-refractivity contribution is -0.135. The maximum absolute atomic E-state index is 13.2. The zero-order chi connectivity index (χ0) is 18.9. The van der Waals surface area contributed by atoms with Crippen molar-refractivity contribution in [2.75, 3.05) is 24.5 Å². The Labute approximate surface area is 174 Å². The minimum absolute atomic E-state index is 0. The summed E-state index contributed by atoms with van der Waals surface area (Å²) in [6.45, 7) is 2.00. The number of nitrogens with zero attached hydrogens (tertiary/aromatic N) is 3. The fourth-order valence-electron chi connectivity index (χ4n) is 3.94. The molecule has 2 fully saturated rings. The van der Waals surface area contributed by atoms with Gasteiger partial charge in [-0.1, -0.05) is 23.7 Å². The maximum atomic E-state index is 13.2. The molecule has 2 aromatic rings. The van der Waals surface area contributed by atoms with Crippen molar-refractivity contribution in [3.05, 3.63) is 47.7 Å². The van der Waals surface area contributed by atoms with E-state index in [4.69, 9.17) is 11.6 Å². The van der Waals surface area contributed by atoms with Gasteiger partial charge in [0.05, 0.1) is 10.7 Å². The monoisotopic (exact) mass is 423 g/mol. The number of hydrogen-bond donors (Lipinski definition) is 2.